The van der Waals surface area contributed by atoms with Gasteiger partial charge < -0.3 is 15.2 Å². The van der Waals surface area contributed by atoms with Crippen LogP contribution in [0.2, 0.25) is 0 Å². The molecule has 0 bridgehead atoms. The van der Waals surface area contributed by atoms with Gasteiger partial charge >= 0.3 is 0 Å². The Labute approximate surface area is 102 Å². The van der Waals surface area contributed by atoms with Crippen LogP contribution in [0, 0.1) is 0 Å². The zero-order valence-corrected chi connectivity index (χ0v) is 10.0. The number of benzene rings is 1. The number of nitrogens with one attached hydrogen (secondary N) is 1. The average molecular weight is 249 g/mol. The number of anilines is 1. The first kappa shape index (κ1) is 10.3. The minimum Gasteiger partial charge on any atom is -0.496 e. The van der Waals surface area contributed by atoms with Crippen molar-refractivity contribution in [1.29, 1.82) is 0 Å². The van der Waals surface area contributed by atoms with Gasteiger partial charge in [-0.25, -0.2) is 0 Å². The van der Waals surface area contributed by atoms with Crippen LogP contribution in [0.15, 0.2) is 23.1 Å². The summed E-state index contributed by atoms with van der Waals surface area (Å²) in [6, 6.07) is 5.69. The molecule has 1 aromatic heterocycles. The molecule has 88 valence electrons. The van der Waals surface area contributed by atoms with Crippen molar-refractivity contribution in [3.63, 3.8) is 0 Å². The molecule has 1 aromatic carbocycles. The highest BCUT2D eigenvalue weighted by Gasteiger charge is 2.18. The Balaban J connectivity index is 2.15. The van der Waals surface area contributed by atoms with E-state index < -0.39 is 0 Å². The van der Waals surface area contributed by atoms with Crippen LogP contribution in [0.5, 0.6) is 11.5 Å². The molecule has 3 rings (SSSR count). The largest absolute Gasteiger partial charge is 0.496 e. The lowest BCUT2D eigenvalue weighted by Gasteiger charge is -2.08. The van der Waals surface area contributed by atoms with E-state index in [1.165, 1.54) is 0 Å². The molecular formula is C11H11N3O2S. The van der Waals surface area contributed by atoms with Crippen LogP contribution in [-0.2, 0) is 0 Å². The molecule has 0 spiro atoms. The van der Waals surface area contributed by atoms with Crippen LogP contribution >= 0.6 is 11.8 Å². The molecule has 0 saturated heterocycles. The standard InChI is InChI=1S/C11H11N3O2S/c1-15-8-4-10-9(16-5-17-10)2-6(8)7-3-11(12)14-13-7/h2-4H,5H2,1H3,(H3,12,13,14). The Morgan fingerprint density at radius 2 is 2.35 bits per heavy atom. The second-order valence-corrected chi connectivity index (χ2v) is 4.58. The summed E-state index contributed by atoms with van der Waals surface area (Å²) in [5.41, 5.74) is 7.32. The molecule has 3 N–H and O–H groups in total. The van der Waals surface area contributed by atoms with Crippen molar-refractivity contribution in [1.82, 2.24) is 10.2 Å². The summed E-state index contributed by atoms with van der Waals surface area (Å²) >= 11 is 1.65. The minimum absolute atomic E-state index is 0.456. The molecule has 1 aliphatic rings. The molecule has 5 nitrogen and oxygen atoms in total. The molecule has 17 heavy (non-hydrogen) atoms. The normalized spacial score (nSPS) is 13.2. The lowest BCUT2D eigenvalue weighted by molar-refractivity contribution is 0.392. The fourth-order valence-electron chi connectivity index (χ4n) is 1.78. The number of rotatable bonds is 2. The minimum atomic E-state index is 0.456. The topological polar surface area (TPSA) is 73.2 Å². The molecule has 6 heteroatoms. The Bertz CT molecular complexity index is 568. The lowest BCUT2D eigenvalue weighted by Crippen LogP contribution is -1.90. The molecule has 2 aromatic rings. The maximum absolute atomic E-state index is 5.60. The molecule has 0 atom stereocenters. The predicted octanol–water partition coefficient (Wildman–Crippen LogP) is 2.11. The van der Waals surface area contributed by atoms with Crippen molar-refractivity contribution in [2.24, 2.45) is 0 Å². The van der Waals surface area contributed by atoms with Gasteiger partial charge in [0.25, 0.3) is 0 Å². The van der Waals surface area contributed by atoms with Gasteiger partial charge in [0.05, 0.1) is 17.7 Å². The van der Waals surface area contributed by atoms with Gasteiger partial charge in [-0.05, 0) is 12.1 Å². The fraction of sp³-hybridized carbons (Fsp3) is 0.182. The van der Waals surface area contributed by atoms with Crippen molar-refractivity contribution in [3.05, 3.63) is 18.2 Å². The van der Waals surface area contributed by atoms with Crippen LogP contribution in [0.25, 0.3) is 11.3 Å². The molecule has 0 aliphatic carbocycles. The summed E-state index contributed by atoms with van der Waals surface area (Å²) in [5, 5.41) is 6.78. The van der Waals surface area contributed by atoms with Crippen LogP contribution < -0.4 is 15.2 Å². The fourth-order valence-corrected chi connectivity index (χ4v) is 2.54. The number of H-pyrrole nitrogens is 1. The highest BCUT2D eigenvalue weighted by atomic mass is 32.2. The molecule has 0 fully saturated rings. The van der Waals surface area contributed by atoms with E-state index >= 15 is 0 Å². The van der Waals surface area contributed by atoms with Crippen LogP contribution in [0.3, 0.4) is 0 Å². The monoisotopic (exact) mass is 249 g/mol. The smallest absolute Gasteiger partial charge is 0.145 e. The third-order valence-corrected chi connectivity index (χ3v) is 3.45. The number of aromatic amines is 1. The molecule has 2 heterocycles. The second kappa shape index (κ2) is 3.89. The number of hydrogen-bond acceptors (Lipinski definition) is 5. The Morgan fingerprint density at radius 3 is 3.06 bits per heavy atom. The maximum Gasteiger partial charge on any atom is 0.145 e. The Morgan fingerprint density at radius 1 is 1.47 bits per heavy atom. The molecule has 0 saturated carbocycles. The highest BCUT2D eigenvalue weighted by Crippen LogP contribution is 2.43. The number of methoxy groups -OCH3 is 1. The van der Waals surface area contributed by atoms with E-state index in [0.29, 0.717) is 11.8 Å². The summed E-state index contributed by atoms with van der Waals surface area (Å²) in [4.78, 5) is 1.10. The number of fused-ring (bicyclic) bond motifs is 1. The van der Waals surface area contributed by atoms with Crippen LogP contribution in [0.4, 0.5) is 5.82 Å². The van der Waals surface area contributed by atoms with Crippen molar-refractivity contribution < 1.29 is 9.47 Å². The number of nitrogens with two attached hydrogens (primary N) is 1. The Hall–Kier alpha value is -1.82. The van der Waals surface area contributed by atoms with E-state index in [0.717, 1.165) is 27.7 Å². The van der Waals surface area contributed by atoms with Crippen molar-refractivity contribution in [2.75, 3.05) is 18.8 Å². The first-order valence-electron chi connectivity index (χ1n) is 5.07. The summed E-state index contributed by atoms with van der Waals surface area (Å²) in [6.07, 6.45) is 0. The van der Waals surface area contributed by atoms with Gasteiger partial charge in [0.15, 0.2) is 0 Å². The van der Waals surface area contributed by atoms with Crippen molar-refractivity contribution in [2.45, 2.75) is 4.90 Å². The van der Waals surface area contributed by atoms with E-state index in [9.17, 15) is 0 Å². The van der Waals surface area contributed by atoms with E-state index in [1.54, 1.807) is 24.9 Å². The molecule has 0 unspecified atom stereocenters. The van der Waals surface area contributed by atoms with Crippen LogP contribution in [0.1, 0.15) is 0 Å². The number of hydrogen-bond donors (Lipinski definition) is 2. The predicted molar refractivity (Wildman–Crippen MR) is 66.3 cm³/mol. The summed E-state index contributed by atoms with van der Waals surface area (Å²) in [5.74, 6) is 2.76. The molecular weight excluding hydrogens is 238 g/mol. The zero-order chi connectivity index (χ0) is 11.8. The van der Waals surface area contributed by atoms with Crippen molar-refractivity contribution >= 4 is 17.6 Å². The van der Waals surface area contributed by atoms with Gasteiger partial charge in [-0.3, -0.25) is 5.10 Å². The van der Waals surface area contributed by atoms with E-state index in [1.807, 2.05) is 12.1 Å². The third-order valence-electron chi connectivity index (χ3n) is 2.58. The number of ether oxygens (including phenoxy) is 2. The van der Waals surface area contributed by atoms with Crippen molar-refractivity contribution in [3.8, 4) is 22.8 Å². The first-order chi connectivity index (χ1) is 8.28. The summed E-state index contributed by atoms with van der Waals surface area (Å²) in [7, 11) is 1.64. The highest BCUT2D eigenvalue weighted by molar-refractivity contribution is 7.99. The SMILES string of the molecule is COc1cc2c(cc1-c1cc(N)n[nH]1)OCS2. The molecule has 0 radical (unpaired) electrons. The van der Waals surface area contributed by atoms with Gasteiger partial charge in [0.1, 0.15) is 23.3 Å². The Kier molecular flexibility index (Phi) is 2.36. The zero-order valence-electron chi connectivity index (χ0n) is 9.19. The van der Waals surface area contributed by atoms with Gasteiger partial charge in [0, 0.05) is 11.6 Å². The second-order valence-electron chi connectivity index (χ2n) is 3.61. The van der Waals surface area contributed by atoms with Gasteiger partial charge in [0.2, 0.25) is 0 Å². The summed E-state index contributed by atoms with van der Waals surface area (Å²) in [6.45, 7) is 0. The number of nitrogen functional groups attached to an aromatic ring is 1. The van der Waals surface area contributed by atoms with Gasteiger partial charge in [-0.2, -0.15) is 5.10 Å². The van der Waals surface area contributed by atoms with E-state index in [2.05, 4.69) is 10.2 Å². The average Bonchev–Trinajstić information content (AvgIpc) is 2.94. The van der Waals surface area contributed by atoms with E-state index in [-0.39, 0.29) is 0 Å². The van der Waals surface area contributed by atoms with E-state index in [4.69, 9.17) is 15.2 Å². The quantitative estimate of drug-likeness (QED) is 0.852. The molecule has 0 amide bonds. The van der Waals surface area contributed by atoms with Crippen LogP contribution in [-0.4, -0.2) is 23.2 Å². The molecule has 1 aliphatic heterocycles. The maximum atomic E-state index is 5.60. The first-order valence-corrected chi connectivity index (χ1v) is 6.05. The van der Waals surface area contributed by atoms with Gasteiger partial charge in [-0.15, -0.1) is 0 Å². The number of aromatic nitrogens is 2. The van der Waals surface area contributed by atoms with Gasteiger partial charge in [-0.1, -0.05) is 11.8 Å². The third kappa shape index (κ3) is 1.70. The number of nitrogens with zero attached hydrogens (tertiary/aromatic N) is 1. The summed E-state index contributed by atoms with van der Waals surface area (Å²) < 4.78 is 10.9. The lowest BCUT2D eigenvalue weighted by atomic mass is 10.1. The number of thioether (sulfide) groups is 1.